The Kier molecular flexibility index (Phi) is 6.27. The van der Waals surface area contributed by atoms with Gasteiger partial charge in [0.1, 0.15) is 5.82 Å². The monoisotopic (exact) mass is 442 g/mol. The number of piperazine rings is 1. The highest BCUT2D eigenvalue weighted by atomic mass is 35.5. The standard InChI is InChI=1S/C22H20ClFN4O3/c23-17-5-1-16(2-6-17)22(30)28-13-11-27(12-14-28)20(29)10-9-19-25-21(26-31-19)15-3-7-18(24)8-4-15/h1-8H,9-14H2. The second-order valence-electron chi connectivity index (χ2n) is 7.20. The first-order valence-corrected chi connectivity index (χ1v) is 10.3. The molecule has 1 aromatic heterocycles. The number of aryl methyl sites for hydroxylation is 1. The first kappa shape index (κ1) is 21.0. The van der Waals surface area contributed by atoms with Crippen molar-refractivity contribution >= 4 is 23.4 Å². The molecule has 0 N–H and O–H groups in total. The van der Waals surface area contributed by atoms with E-state index in [2.05, 4.69) is 10.1 Å². The van der Waals surface area contributed by atoms with Gasteiger partial charge in [-0.05, 0) is 48.5 Å². The molecular formula is C22H20ClFN4O3. The fourth-order valence-electron chi connectivity index (χ4n) is 3.38. The van der Waals surface area contributed by atoms with Crippen LogP contribution in [0.5, 0.6) is 0 Å². The molecule has 0 unspecified atom stereocenters. The molecule has 2 aromatic carbocycles. The lowest BCUT2D eigenvalue weighted by molar-refractivity contribution is -0.132. The van der Waals surface area contributed by atoms with Crippen LogP contribution in [0.4, 0.5) is 4.39 Å². The number of carbonyl (C=O) groups excluding carboxylic acids is 2. The van der Waals surface area contributed by atoms with Crippen LogP contribution in [-0.2, 0) is 11.2 Å². The van der Waals surface area contributed by atoms with Gasteiger partial charge in [0.2, 0.25) is 17.6 Å². The van der Waals surface area contributed by atoms with Crippen molar-refractivity contribution in [3.63, 3.8) is 0 Å². The first-order valence-electron chi connectivity index (χ1n) is 9.91. The van der Waals surface area contributed by atoms with Crippen LogP contribution >= 0.6 is 11.6 Å². The zero-order valence-corrected chi connectivity index (χ0v) is 17.4. The largest absolute Gasteiger partial charge is 0.339 e. The van der Waals surface area contributed by atoms with Crippen molar-refractivity contribution in [1.82, 2.24) is 19.9 Å². The maximum atomic E-state index is 13.0. The second kappa shape index (κ2) is 9.26. The molecule has 0 aliphatic carbocycles. The van der Waals surface area contributed by atoms with Gasteiger partial charge in [-0.1, -0.05) is 16.8 Å². The summed E-state index contributed by atoms with van der Waals surface area (Å²) in [6.45, 7) is 1.90. The maximum absolute atomic E-state index is 13.0. The van der Waals surface area contributed by atoms with E-state index >= 15 is 0 Å². The number of rotatable bonds is 5. The lowest BCUT2D eigenvalue weighted by Crippen LogP contribution is -2.50. The quantitative estimate of drug-likeness (QED) is 0.604. The maximum Gasteiger partial charge on any atom is 0.253 e. The van der Waals surface area contributed by atoms with E-state index in [1.165, 1.54) is 12.1 Å². The molecule has 1 aliphatic heterocycles. The minimum Gasteiger partial charge on any atom is -0.339 e. The fraction of sp³-hybridized carbons (Fsp3) is 0.273. The average molecular weight is 443 g/mol. The van der Waals surface area contributed by atoms with Crippen molar-refractivity contribution in [2.75, 3.05) is 26.2 Å². The van der Waals surface area contributed by atoms with E-state index in [1.54, 1.807) is 46.2 Å². The molecule has 1 fully saturated rings. The molecule has 2 heterocycles. The van der Waals surface area contributed by atoms with Gasteiger partial charge >= 0.3 is 0 Å². The fourth-order valence-corrected chi connectivity index (χ4v) is 3.50. The summed E-state index contributed by atoms with van der Waals surface area (Å²) in [5, 5.41) is 4.47. The topological polar surface area (TPSA) is 79.5 Å². The normalized spacial score (nSPS) is 14.0. The summed E-state index contributed by atoms with van der Waals surface area (Å²) in [6.07, 6.45) is 0.549. The van der Waals surface area contributed by atoms with Gasteiger partial charge < -0.3 is 14.3 Å². The molecule has 0 spiro atoms. The zero-order valence-electron chi connectivity index (χ0n) is 16.6. The van der Waals surface area contributed by atoms with Crippen LogP contribution in [0.15, 0.2) is 53.1 Å². The van der Waals surface area contributed by atoms with Crippen molar-refractivity contribution in [2.45, 2.75) is 12.8 Å². The van der Waals surface area contributed by atoms with Crippen LogP contribution in [0.3, 0.4) is 0 Å². The van der Waals surface area contributed by atoms with Crippen molar-refractivity contribution in [2.24, 2.45) is 0 Å². The van der Waals surface area contributed by atoms with Crippen molar-refractivity contribution in [3.8, 4) is 11.4 Å². The first-order chi connectivity index (χ1) is 15.0. The third-order valence-electron chi connectivity index (χ3n) is 5.13. The van der Waals surface area contributed by atoms with Crippen LogP contribution in [0.1, 0.15) is 22.7 Å². The predicted octanol–water partition coefficient (Wildman–Crippen LogP) is 3.45. The summed E-state index contributed by atoms with van der Waals surface area (Å²) in [4.78, 5) is 32.9. The number of halogens is 2. The molecule has 3 aromatic rings. The smallest absolute Gasteiger partial charge is 0.253 e. The molecule has 4 rings (SSSR count). The van der Waals surface area contributed by atoms with E-state index in [-0.39, 0.29) is 24.1 Å². The summed E-state index contributed by atoms with van der Waals surface area (Å²) in [6, 6.07) is 12.6. The molecular weight excluding hydrogens is 423 g/mol. The predicted molar refractivity (Wildman–Crippen MR) is 112 cm³/mol. The molecule has 0 atom stereocenters. The highest BCUT2D eigenvalue weighted by molar-refractivity contribution is 6.30. The zero-order chi connectivity index (χ0) is 21.8. The summed E-state index contributed by atoms with van der Waals surface area (Å²) in [5.41, 5.74) is 1.22. The Labute approximate surface area is 183 Å². The SMILES string of the molecule is O=C(CCc1nc(-c2ccc(F)cc2)no1)N1CCN(C(=O)c2ccc(Cl)cc2)CC1. The number of carbonyl (C=O) groups is 2. The Balaban J connectivity index is 1.26. The molecule has 1 saturated heterocycles. The van der Waals surface area contributed by atoms with Gasteiger partial charge in [-0.15, -0.1) is 0 Å². The Hall–Kier alpha value is -3.26. The van der Waals surface area contributed by atoms with E-state index in [0.717, 1.165) is 0 Å². The third kappa shape index (κ3) is 5.08. The molecule has 7 nitrogen and oxygen atoms in total. The highest BCUT2D eigenvalue weighted by Crippen LogP contribution is 2.17. The summed E-state index contributed by atoms with van der Waals surface area (Å²) in [5.74, 6) is 0.275. The lowest BCUT2D eigenvalue weighted by atomic mass is 10.1. The molecule has 160 valence electrons. The summed E-state index contributed by atoms with van der Waals surface area (Å²) < 4.78 is 18.2. The number of amides is 2. The molecule has 1 aliphatic rings. The number of benzene rings is 2. The average Bonchev–Trinajstić information content (AvgIpc) is 3.27. The van der Waals surface area contributed by atoms with Crippen molar-refractivity contribution < 1.29 is 18.5 Å². The van der Waals surface area contributed by atoms with Crippen LogP contribution in [0.2, 0.25) is 5.02 Å². The molecule has 0 bridgehead atoms. The molecule has 2 amide bonds. The van der Waals surface area contributed by atoms with Gasteiger partial charge in [0.15, 0.2) is 0 Å². The van der Waals surface area contributed by atoms with Crippen LogP contribution < -0.4 is 0 Å². The molecule has 9 heteroatoms. The van der Waals surface area contributed by atoms with E-state index < -0.39 is 0 Å². The lowest BCUT2D eigenvalue weighted by Gasteiger charge is -2.34. The van der Waals surface area contributed by atoms with Gasteiger partial charge in [0.25, 0.3) is 5.91 Å². The van der Waals surface area contributed by atoms with Gasteiger partial charge in [0, 0.05) is 55.2 Å². The van der Waals surface area contributed by atoms with Gasteiger partial charge in [-0.3, -0.25) is 9.59 Å². The van der Waals surface area contributed by atoms with E-state index in [4.69, 9.17) is 16.1 Å². The third-order valence-corrected chi connectivity index (χ3v) is 5.39. The van der Waals surface area contributed by atoms with Gasteiger partial charge in [0.05, 0.1) is 0 Å². The van der Waals surface area contributed by atoms with Gasteiger partial charge in [-0.2, -0.15) is 4.98 Å². The van der Waals surface area contributed by atoms with E-state index in [1.807, 2.05) is 0 Å². The molecule has 31 heavy (non-hydrogen) atoms. The minimum atomic E-state index is -0.340. The molecule has 0 radical (unpaired) electrons. The number of nitrogens with zero attached hydrogens (tertiary/aromatic N) is 4. The van der Waals surface area contributed by atoms with Crippen LogP contribution in [0.25, 0.3) is 11.4 Å². The van der Waals surface area contributed by atoms with Crippen molar-refractivity contribution in [3.05, 3.63) is 70.8 Å². The van der Waals surface area contributed by atoms with Crippen LogP contribution in [0, 0.1) is 5.82 Å². The Morgan fingerprint density at radius 3 is 2.29 bits per heavy atom. The number of hydrogen-bond acceptors (Lipinski definition) is 5. The number of aromatic nitrogens is 2. The summed E-state index contributed by atoms with van der Waals surface area (Å²) in [7, 11) is 0. The van der Waals surface area contributed by atoms with Crippen LogP contribution in [-0.4, -0.2) is 57.9 Å². The Morgan fingerprint density at radius 1 is 0.968 bits per heavy atom. The van der Waals surface area contributed by atoms with E-state index in [9.17, 15) is 14.0 Å². The summed E-state index contributed by atoms with van der Waals surface area (Å²) >= 11 is 5.87. The van der Waals surface area contributed by atoms with Gasteiger partial charge in [-0.25, -0.2) is 4.39 Å². The second-order valence-corrected chi connectivity index (χ2v) is 7.63. The van der Waals surface area contributed by atoms with E-state index in [0.29, 0.717) is 60.5 Å². The highest BCUT2D eigenvalue weighted by Gasteiger charge is 2.25. The minimum absolute atomic E-state index is 0.0277. The van der Waals surface area contributed by atoms with Crippen molar-refractivity contribution in [1.29, 1.82) is 0 Å². The Morgan fingerprint density at radius 2 is 1.61 bits per heavy atom. The molecule has 0 saturated carbocycles. The number of hydrogen-bond donors (Lipinski definition) is 0. The Bertz CT molecular complexity index is 1060.